The van der Waals surface area contributed by atoms with Crippen LogP contribution in [0, 0.1) is 12.3 Å². The molecule has 4 aromatic rings. The molecule has 2 aliphatic heterocycles. The van der Waals surface area contributed by atoms with Gasteiger partial charge in [0.2, 0.25) is 0 Å². The summed E-state index contributed by atoms with van der Waals surface area (Å²) < 4.78 is 7.95. The molecule has 0 bridgehead atoms. The van der Waals surface area contributed by atoms with Gasteiger partial charge in [-0.3, -0.25) is 4.79 Å². The van der Waals surface area contributed by atoms with E-state index in [-0.39, 0.29) is 24.0 Å². The van der Waals surface area contributed by atoms with E-state index in [2.05, 4.69) is 24.9 Å². The first-order chi connectivity index (χ1) is 17.2. The number of carbonyl (C=O) groups is 1. The Morgan fingerprint density at radius 3 is 2.83 bits per heavy atom. The average molecular weight is 491 g/mol. The Kier molecular flexibility index (Phi) is 5.23. The van der Waals surface area contributed by atoms with Crippen LogP contribution >= 0.6 is 0 Å². The number of aromatic amines is 1. The van der Waals surface area contributed by atoms with Crippen LogP contribution in [0.15, 0.2) is 30.9 Å². The number of aliphatic hydroxyl groups is 1. The topological polar surface area (TPSA) is 148 Å². The summed E-state index contributed by atoms with van der Waals surface area (Å²) in [6.07, 6.45) is 5.33. The molecule has 2 atom stereocenters. The number of nitrogens with zero attached hydrogens (tertiary/aromatic N) is 6. The summed E-state index contributed by atoms with van der Waals surface area (Å²) in [5.41, 5.74) is 8.20. The minimum absolute atomic E-state index is 0.0184. The van der Waals surface area contributed by atoms with Crippen molar-refractivity contribution in [1.82, 2.24) is 34.4 Å². The molecule has 36 heavy (non-hydrogen) atoms. The largest absolute Gasteiger partial charge is 0.386 e. The van der Waals surface area contributed by atoms with E-state index in [4.69, 9.17) is 10.5 Å². The Bertz CT molecular complexity index is 1450. The number of imidazole rings is 2. The lowest BCUT2D eigenvalue weighted by Crippen LogP contribution is -2.46. The zero-order chi connectivity index (χ0) is 25.1. The molecule has 3 aromatic heterocycles. The number of ether oxygens (including phenoxy) is 1. The molecule has 1 spiro atoms. The van der Waals surface area contributed by atoms with Crippen molar-refractivity contribution in [3.05, 3.63) is 42.2 Å². The summed E-state index contributed by atoms with van der Waals surface area (Å²) in [5, 5.41) is 11.4. The standard InChI is InChI=1S/C25H30N8O3/c1-15-30-17-4-3-16(9-18(17)31-15)23(34)32-7-5-25(6-8-32)10-19(24(2,35)11-36-12-25)33-14-29-20-21(26)27-13-28-22(20)33/h3-4,9,13-14,19,35H,5-8,10-12H2,1-2H3,(H,30,31)(H2,26,27,28)/t19-,24-/m1/s1. The number of rotatable bonds is 2. The molecule has 1 aromatic carbocycles. The van der Waals surface area contributed by atoms with Crippen LogP contribution in [-0.4, -0.2) is 77.3 Å². The summed E-state index contributed by atoms with van der Waals surface area (Å²) in [6, 6.07) is 5.29. The number of piperidine rings is 1. The number of anilines is 1. The van der Waals surface area contributed by atoms with Gasteiger partial charge < -0.3 is 30.0 Å². The number of nitrogens with two attached hydrogens (primary N) is 1. The van der Waals surface area contributed by atoms with Gasteiger partial charge in [-0.1, -0.05) is 0 Å². The highest BCUT2D eigenvalue weighted by molar-refractivity contribution is 5.97. The molecule has 0 aliphatic carbocycles. The van der Waals surface area contributed by atoms with Crippen LogP contribution < -0.4 is 5.73 Å². The van der Waals surface area contributed by atoms with Crippen LogP contribution in [0.4, 0.5) is 5.82 Å². The minimum Gasteiger partial charge on any atom is -0.386 e. The molecule has 2 saturated heterocycles. The normalized spacial score (nSPS) is 24.4. The van der Waals surface area contributed by atoms with Crippen LogP contribution in [0.1, 0.15) is 48.4 Å². The van der Waals surface area contributed by atoms with Gasteiger partial charge in [0.25, 0.3) is 5.91 Å². The molecular formula is C25H30N8O3. The highest BCUT2D eigenvalue weighted by Crippen LogP contribution is 2.46. The van der Waals surface area contributed by atoms with E-state index < -0.39 is 5.60 Å². The monoisotopic (exact) mass is 490 g/mol. The summed E-state index contributed by atoms with van der Waals surface area (Å²) >= 11 is 0. The lowest BCUT2D eigenvalue weighted by molar-refractivity contribution is -0.0528. The lowest BCUT2D eigenvalue weighted by atomic mass is 9.72. The van der Waals surface area contributed by atoms with E-state index in [0.717, 1.165) is 29.7 Å². The van der Waals surface area contributed by atoms with Crippen molar-refractivity contribution in [1.29, 1.82) is 0 Å². The van der Waals surface area contributed by atoms with Crippen molar-refractivity contribution in [2.24, 2.45) is 5.41 Å². The maximum atomic E-state index is 13.3. The van der Waals surface area contributed by atoms with Gasteiger partial charge in [-0.25, -0.2) is 19.9 Å². The predicted octanol–water partition coefficient (Wildman–Crippen LogP) is 2.23. The SMILES string of the molecule is Cc1nc2ccc(C(=O)N3CCC4(CC3)COC[C@@](C)(O)[C@H](n3cnc5c(N)ncnc53)C4)cc2[nH]1. The fourth-order valence-electron chi connectivity index (χ4n) is 5.74. The fourth-order valence-corrected chi connectivity index (χ4v) is 5.74. The first kappa shape index (κ1) is 22.9. The third kappa shape index (κ3) is 3.79. The average Bonchev–Trinajstić information content (AvgIpc) is 3.42. The second kappa shape index (κ2) is 8.24. The fraction of sp³-hybridized carbons (Fsp3) is 0.480. The Balaban J connectivity index is 1.23. The van der Waals surface area contributed by atoms with Gasteiger partial charge >= 0.3 is 0 Å². The van der Waals surface area contributed by atoms with Gasteiger partial charge in [0.15, 0.2) is 11.5 Å². The number of aromatic nitrogens is 6. The molecule has 6 rings (SSSR count). The van der Waals surface area contributed by atoms with Gasteiger partial charge in [-0.05, 0) is 56.7 Å². The number of nitrogens with one attached hydrogen (secondary N) is 1. The number of nitrogen functional groups attached to an aromatic ring is 1. The highest BCUT2D eigenvalue weighted by Gasteiger charge is 2.47. The summed E-state index contributed by atoms with van der Waals surface area (Å²) in [4.78, 5) is 35.7. The number of hydrogen-bond donors (Lipinski definition) is 3. The van der Waals surface area contributed by atoms with Crippen molar-refractivity contribution in [3.63, 3.8) is 0 Å². The Morgan fingerprint density at radius 2 is 2.03 bits per heavy atom. The molecule has 0 unspecified atom stereocenters. The van der Waals surface area contributed by atoms with Crippen molar-refractivity contribution in [2.75, 3.05) is 32.0 Å². The summed E-state index contributed by atoms with van der Waals surface area (Å²) in [6.45, 7) is 5.67. The molecule has 0 radical (unpaired) electrons. The molecule has 0 saturated carbocycles. The first-order valence-electron chi connectivity index (χ1n) is 12.2. The Hall–Kier alpha value is -3.57. The molecule has 1 amide bonds. The zero-order valence-electron chi connectivity index (χ0n) is 20.4. The quantitative estimate of drug-likeness (QED) is 0.387. The van der Waals surface area contributed by atoms with E-state index >= 15 is 0 Å². The summed E-state index contributed by atoms with van der Waals surface area (Å²) in [7, 11) is 0. The molecule has 5 heterocycles. The van der Waals surface area contributed by atoms with Crippen LogP contribution in [0.3, 0.4) is 0 Å². The second-order valence-corrected chi connectivity index (χ2v) is 10.5. The molecular weight excluding hydrogens is 460 g/mol. The van der Waals surface area contributed by atoms with Crippen LogP contribution in [0.25, 0.3) is 22.2 Å². The third-order valence-corrected chi connectivity index (χ3v) is 7.83. The van der Waals surface area contributed by atoms with Gasteiger partial charge in [-0.2, -0.15) is 0 Å². The maximum absolute atomic E-state index is 13.3. The van der Waals surface area contributed by atoms with E-state index in [0.29, 0.717) is 48.7 Å². The van der Waals surface area contributed by atoms with Gasteiger partial charge in [0.05, 0.1) is 36.6 Å². The molecule has 2 aliphatic rings. The van der Waals surface area contributed by atoms with Gasteiger partial charge in [0, 0.05) is 18.7 Å². The highest BCUT2D eigenvalue weighted by atomic mass is 16.5. The van der Waals surface area contributed by atoms with E-state index in [1.165, 1.54) is 6.33 Å². The van der Waals surface area contributed by atoms with Crippen LogP contribution in [0.5, 0.6) is 0 Å². The number of amides is 1. The maximum Gasteiger partial charge on any atom is 0.253 e. The number of H-pyrrole nitrogens is 1. The predicted molar refractivity (Wildman–Crippen MR) is 133 cm³/mol. The molecule has 4 N–H and O–H groups in total. The first-order valence-corrected chi connectivity index (χ1v) is 12.2. The van der Waals surface area contributed by atoms with Crippen LogP contribution in [0.2, 0.25) is 0 Å². The lowest BCUT2D eigenvalue weighted by Gasteiger charge is -2.43. The van der Waals surface area contributed by atoms with Crippen LogP contribution in [-0.2, 0) is 4.74 Å². The van der Waals surface area contributed by atoms with Gasteiger partial charge in [0.1, 0.15) is 23.3 Å². The van der Waals surface area contributed by atoms with E-state index in [9.17, 15) is 9.90 Å². The summed E-state index contributed by atoms with van der Waals surface area (Å²) in [5.74, 6) is 1.16. The number of fused-ring (bicyclic) bond motifs is 2. The molecule has 11 heteroatoms. The third-order valence-electron chi connectivity index (χ3n) is 7.83. The van der Waals surface area contributed by atoms with Crippen molar-refractivity contribution < 1.29 is 14.6 Å². The number of benzene rings is 1. The van der Waals surface area contributed by atoms with Crippen molar-refractivity contribution in [3.8, 4) is 0 Å². The minimum atomic E-state index is -1.12. The smallest absolute Gasteiger partial charge is 0.253 e. The van der Waals surface area contributed by atoms with E-state index in [1.807, 2.05) is 34.6 Å². The Morgan fingerprint density at radius 1 is 1.22 bits per heavy atom. The molecule has 188 valence electrons. The number of hydrogen-bond acceptors (Lipinski definition) is 8. The van der Waals surface area contributed by atoms with Gasteiger partial charge in [-0.15, -0.1) is 0 Å². The van der Waals surface area contributed by atoms with Crippen molar-refractivity contribution in [2.45, 2.75) is 44.8 Å². The van der Waals surface area contributed by atoms with E-state index in [1.54, 1.807) is 13.3 Å². The number of likely N-dealkylation sites (tertiary alicyclic amines) is 1. The zero-order valence-corrected chi connectivity index (χ0v) is 20.4. The van der Waals surface area contributed by atoms with Crippen molar-refractivity contribution >= 4 is 33.9 Å². The molecule has 11 nitrogen and oxygen atoms in total. The second-order valence-electron chi connectivity index (χ2n) is 10.5. The molecule has 2 fully saturated rings. The Labute approximate surface area is 207 Å². The number of carbonyl (C=O) groups excluding carboxylic acids is 1. The number of aryl methyl sites for hydroxylation is 1.